The van der Waals surface area contributed by atoms with Gasteiger partial charge in [0, 0.05) is 18.9 Å². The van der Waals surface area contributed by atoms with E-state index in [2.05, 4.69) is 10.3 Å². The van der Waals surface area contributed by atoms with Crippen LogP contribution in [0.2, 0.25) is 0 Å². The van der Waals surface area contributed by atoms with Crippen LogP contribution in [0.15, 0.2) is 29.8 Å². The molecule has 1 aliphatic rings. The van der Waals surface area contributed by atoms with E-state index in [1.54, 1.807) is 16.2 Å². The highest BCUT2D eigenvalue weighted by atomic mass is 32.1. The standard InChI is InChI=1S/C24H33N3O3S.C2H6/c1-14(24(4,5)6)23(30)27-12-19(28)11-20(27)22(29)26-15(2)17-7-9-18(10-8-17)21-16(3)25-13-31-21;1-2/h7-10,13-15,19-20,28H,11-12H2,1-6H3,(H,26,29);1-2H3/t14-,15+,19-,20+;/m1./s1. The first-order valence-electron chi connectivity index (χ1n) is 11.8. The number of amides is 2. The Morgan fingerprint density at radius 1 is 1.18 bits per heavy atom. The second kappa shape index (κ2) is 11.3. The van der Waals surface area contributed by atoms with E-state index in [4.69, 9.17) is 0 Å². The second-order valence-electron chi connectivity index (χ2n) is 9.60. The van der Waals surface area contributed by atoms with E-state index in [0.29, 0.717) is 0 Å². The summed E-state index contributed by atoms with van der Waals surface area (Å²) in [6, 6.07) is 7.24. The Balaban J connectivity index is 0.00000187. The number of carbonyl (C=O) groups is 2. The molecule has 1 aromatic carbocycles. The Bertz CT molecular complexity index is 933. The monoisotopic (exact) mass is 473 g/mol. The first kappa shape index (κ1) is 27.0. The topological polar surface area (TPSA) is 82.5 Å². The lowest BCUT2D eigenvalue weighted by Gasteiger charge is -2.33. The van der Waals surface area contributed by atoms with Gasteiger partial charge in [0.2, 0.25) is 11.8 Å². The number of hydrogen-bond donors (Lipinski definition) is 2. The molecule has 0 bridgehead atoms. The van der Waals surface area contributed by atoms with Crippen molar-refractivity contribution in [1.29, 1.82) is 0 Å². The molecule has 2 heterocycles. The van der Waals surface area contributed by atoms with Crippen molar-refractivity contribution in [1.82, 2.24) is 15.2 Å². The molecule has 182 valence electrons. The molecular weight excluding hydrogens is 434 g/mol. The first-order valence-corrected chi connectivity index (χ1v) is 12.7. The predicted octanol–water partition coefficient (Wildman–Crippen LogP) is 4.97. The zero-order chi connectivity index (χ0) is 24.9. The van der Waals surface area contributed by atoms with Crippen LogP contribution in [0, 0.1) is 18.3 Å². The van der Waals surface area contributed by atoms with Crippen LogP contribution in [0.1, 0.15) is 72.2 Å². The summed E-state index contributed by atoms with van der Waals surface area (Å²) in [6.45, 7) is 16.0. The van der Waals surface area contributed by atoms with E-state index in [1.807, 2.05) is 85.2 Å². The fourth-order valence-electron chi connectivity index (χ4n) is 3.82. The third-order valence-corrected chi connectivity index (χ3v) is 7.29. The largest absolute Gasteiger partial charge is 0.391 e. The molecule has 0 radical (unpaired) electrons. The number of likely N-dealkylation sites (tertiary alicyclic amines) is 1. The number of nitrogens with zero attached hydrogens (tertiary/aromatic N) is 2. The molecule has 33 heavy (non-hydrogen) atoms. The summed E-state index contributed by atoms with van der Waals surface area (Å²) >= 11 is 1.61. The number of β-amino-alcohol motifs (C(OH)–C–C–N with tert-alkyl or cyclic N) is 1. The Morgan fingerprint density at radius 2 is 1.79 bits per heavy atom. The molecule has 4 atom stereocenters. The van der Waals surface area contributed by atoms with Gasteiger partial charge in [0.25, 0.3) is 0 Å². The summed E-state index contributed by atoms with van der Waals surface area (Å²) < 4.78 is 0. The van der Waals surface area contributed by atoms with Gasteiger partial charge in [-0.1, -0.05) is 65.8 Å². The summed E-state index contributed by atoms with van der Waals surface area (Å²) in [6.07, 6.45) is -0.408. The highest BCUT2D eigenvalue weighted by Crippen LogP contribution is 2.31. The van der Waals surface area contributed by atoms with Crippen molar-refractivity contribution in [3.63, 3.8) is 0 Å². The molecule has 0 unspecified atom stereocenters. The summed E-state index contributed by atoms with van der Waals surface area (Å²) in [7, 11) is 0. The van der Waals surface area contributed by atoms with Gasteiger partial charge in [-0.25, -0.2) is 4.98 Å². The normalized spacial score (nSPS) is 20.0. The van der Waals surface area contributed by atoms with E-state index in [0.717, 1.165) is 21.7 Å². The van der Waals surface area contributed by atoms with Gasteiger partial charge in [0.15, 0.2) is 0 Å². The smallest absolute Gasteiger partial charge is 0.243 e. The van der Waals surface area contributed by atoms with Crippen LogP contribution in [0.25, 0.3) is 10.4 Å². The summed E-state index contributed by atoms with van der Waals surface area (Å²) in [5, 5.41) is 13.2. The van der Waals surface area contributed by atoms with Gasteiger partial charge in [0.1, 0.15) is 6.04 Å². The molecule has 1 aromatic heterocycles. The highest BCUT2D eigenvalue weighted by Gasteiger charge is 2.42. The maximum absolute atomic E-state index is 13.0. The molecule has 7 heteroatoms. The quantitative estimate of drug-likeness (QED) is 0.643. The molecule has 0 aliphatic carbocycles. The van der Waals surface area contributed by atoms with E-state index >= 15 is 0 Å². The molecule has 0 saturated carbocycles. The van der Waals surface area contributed by atoms with Crippen LogP contribution in [0.5, 0.6) is 0 Å². The lowest BCUT2D eigenvalue weighted by molar-refractivity contribution is -0.144. The number of benzene rings is 1. The zero-order valence-corrected chi connectivity index (χ0v) is 22.0. The predicted molar refractivity (Wildman–Crippen MR) is 135 cm³/mol. The van der Waals surface area contributed by atoms with Gasteiger partial charge in [-0.05, 0) is 30.4 Å². The minimum Gasteiger partial charge on any atom is -0.391 e. The minimum atomic E-state index is -0.677. The Labute approximate surface area is 202 Å². The summed E-state index contributed by atoms with van der Waals surface area (Å²) in [5.41, 5.74) is 4.73. The lowest BCUT2D eigenvalue weighted by Crippen LogP contribution is -2.49. The van der Waals surface area contributed by atoms with Crippen LogP contribution in [0.4, 0.5) is 0 Å². The Kier molecular flexibility index (Phi) is 9.20. The van der Waals surface area contributed by atoms with Crippen LogP contribution >= 0.6 is 11.3 Å². The molecule has 0 spiro atoms. The van der Waals surface area contributed by atoms with Crippen LogP contribution in [-0.2, 0) is 9.59 Å². The van der Waals surface area contributed by atoms with Gasteiger partial charge in [-0.2, -0.15) is 0 Å². The number of aromatic nitrogens is 1. The Morgan fingerprint density at radius 3 is 2.30 bits per heavy atom. The Hall–Kier alpha value is -2.25. The van der Waals surface area contributed by atoms with Crippen molar-refractivity contribution in [3.05, 3.63) is 41.0 Å². The first-order chi connectivity index (χ1) is 15.5. The van der Waals surface area contributed by atoms with Gasteiger partial charge in [-0.3, -0.25) is 9.59 Å². The van der Waals surface area contributed by atoms with E-state index in [9.17, 15) is 14.7 Å². The van der Waals surface area contributed by atoms with Gasteiger partial charge in [0.05, 0.1) is 28.2 Å². The maximum Gasteiger partial charge on any atom is 0.243 e. The van der Waals surface area contributed by atoms with E-state index < -0.39 is 12.1 Å². The molecule has 1 aliphatic heterocycles. The van der Waals surface area contributed by atoms with Crippen LogP contribution < -0.4 is 5.32 Å². The van der Waals surface area contributed by atoms with Crippen molar-refractivity contribution in [2.45, 2.75) is 80.0 Å². The number of rotatable bonds is 5. The van der Waals surface area contributed by atoms with Crippen molar-refractivity contribution in [3.8, 4) is 10.4 Å². The number of carbonyl (C=O) groups excluding carboxylic acids is 2. The zero-order valence-electron chi connectivity index (χ0n) is 21.2. The van der Waals surface area contributed by atoms with Crippen LogP contribution in [0.3, 0.4) is 0 Å². The number of nitrogens with one attached hydrogen (secondary N) is 1. The van der Waals surface area contributed by atoms with Gasteiger partial charge >= 0.3 is 0 Å². The molecule has 1 fully saturated rings. The average molecular weight is 474 g/mol. The summed E-state index contributed by atoms with van der Waals surface area (Å²) in [4.78, 5) is 33.0. The molecule has 1 saturated heterocycles. The van der Waals surface area contributed by atoms with E-state index in [-0.39, 0.29) is 42.2 Å². The van der Waals surface area contributed by atoms with Gasteiger partial charge < -0.3 is 15.3 Å². The fourth-order valence-corrected chi connectivity index (χ4v) is 4.63. The number of thiazole rings is 1. The third kappa shape index (κ3) is 6.42. The van der Waals surface area contributed by atoms with Crippen molar-refractivity contribution >= 4 is 23.2 Å². The lowest BCUT2D eigenvalue weighted by atomic mass is 9.81. The molecular formula is C26H39N3O3S. The molecule has 2 amide bonds. The minimum absolute atomic E-state index is 0.0823. The maximum atomic E-state index is 13.0. The molecule has 6 nitrogen and oxygen atoms in total. The SMILES string of the molecule is CC.Cc1ncsc1-c1ccc([C@H](C)NC(=O)[C@@H]2C[C@@H](O)CN2C(=O)[C@@H](C)C(C)(C)C)cc1. The van der Waals surface area contributed by atoms with Crippen LogP contribution in [-0.4, -0.2) is 45.5 Å². The number of aryl methyl sites for hydroxylation is 1. The number of aliphatic hydroxyl groups excluding tert-OH is 1. The van der Waals surface area contributed by atoms with Gasteiger partial charge in [-0.15, -0.1) is 11.3 Å². The van der Waals surface area contributed by atoms with Crippen molar-refractivity contribution in [2.24, 2.45) is 11.3 Å². The van der Waals surface area contributed by atoms with Crippen molar-refractivity contribution in [2.75, 3.05) is 6.54 Å². The molecule has 2 N–H and O–H groups in total. The number of hydrogen-bond acceptors (Lipinski definition) is 5. The molecule has 3 rings (SSSR count). The fraction of sp³-hybridized carbons (Fsp3) is 0.577. The molecule has 2 aromatic rings. The third-order valence-electron chi connectivity index (χ3n) is 6.31. The second-order valence-corrected chi connectivity index (χ2v) is 10.5. The van der Waals surface area contributed by atoms with Crippen molar-refractivity contribution < 1.29 is 14.7 Å². The van der Waals surface area contributed by atoms with E-state index in [1.165, 1.54) is 0 Å². The highest BCUT2D eigenvalue weighted by molar-refractivity contribution is 7.13. The summed E-state index contributed by atoms with van der Waals surface area (Å²) in [5.74, 6) is -0.546. The average Bonchev–Trinajstić information content (AvgIpc) is 3.39. The number of aliphatic hydroxyl groups is 1.